The highest BCUT2D eigenvalue weighted by Gasteiger charge is 2.51. The van der Waals surface area contributed by atoms with Gasteiger partial charge in [-0.2, -0.15) is 0 Å². The van der Waals surface area contributed by atoms with E-state index in [1.54, 1.807) is 0 Å². The standard InChI is InChI=1S/C34H34O7/c35-33(36)31-29(37-21-25-13-5-1-6-14-25)30(38-22-26-15-7-2-8-16-26)32(39-23-27-17-9-3-10-18-27)34(41-31)40-24-28-19-11-4-12-20-28/h1-20,29-32,34H,21-24H2,(H,35,36)/t29-,30-,31-,32-,34-/m0/s1. The van der Waals surface area contributed by atoms with Crippen LogP contribution in [0, 0.1) is 0 Å². The molecule has 4 aromatic rings. The maximum atomic E-state index is 12.5. The van der Waals surface area contributed by atoms with Crippen molar-refractivity contribution in [1.29, 1.82) is 0 Å². The number of carbonyl (C=O) groups is 1. The monoisotopic (exact) mass is 554 g/mol. The summed E-state index contributed by atoms with van der Waals surface area (Å²) < 4.78 is 31.5. The average Bonchev–Trinajstić information content (AvgIpc) is 3.03. The topological polar surface area (TPSA) is 83.5 Å². The van der Waals surface area contributed by atoms with Gasteiger partial charge in [0.25, 0.3) is 0 Å². The fourth-order valence-corrected chi connectivity index (χ4v) is 4.74. The number of aliphatic carboxylic acids is 1. The van der Waals surface area contributed by atoms with E-state index in [4.69, 9.17) is 23.7 Å². The molecule has 1 N–H and O–H groups in total. The maximum absolute atomic E-state index is 12.5. The van der Waals surface area contributed by atoms with Gasteiger partial charge in [0.15, 0.2) is 12.4 Å². The van der Waals surface area contributed by atoms with Crippen molar-refractivity contribution in [1.82, 2.24) is 0 Å². The molecular weight excluding hydrogens is 520 g/mol. The van der Waals surface area contributed by atoms with E-state index in [1.807, 2.05) is 121 Å². The van der Waals surface area contributed by atoms with E-state index in [-0.39, 0.29) is 26.4 Å². The molecule has 0 spiro atoms. The number of rotatable bonds is 13. The molecule has 1 aliphatic heterocycles. The molecule has 41 heavy (non-hydrogen) atoms. The Morgan fingerprint density at radius 2 is 0.854 bits per heavy atom. The molecule has 0 unspecified atom stereocenters. The number of ether oxygens (including phenoxy) is 5. The summed E-state index contributed by atoms with van der Waals surface area (Å²) in [5, 5.41) is 10.2. The molecule has 0 saturated carbocycles. The van der Waals surface area contributed by atoms with Crippen LogP contribution in [0.3, 0.4) is 0 Å². The molecule has 1 fully saturated rings. The largest absolute Gasteiger partial charge is 0.479 e. The molecule has 0 radical (unpaired) electrons. The summed E-state index contributed by atoms with van der Waals surface area (Å²) in [6.07, 6.45) is -4.90. The molecular formula is C34H34O7. The molecule has 0 bridgehead atoms. The first-order valence-electron chi connectivity index (χ1n) is 13.7. The summed E-state index contributed by atoms with van der Waals surface area (Å²) in [7, 11) is 0. The first kappa shape index (κ1) is 28.7. The number of carboxylic acids is 1. The van der Waals surface area contributed by atoms with Crippen LogP contribution in [0.25, 0.3) is 0 Å². The highest BCUT2D eigenvalue weighted by molar-refractivity contribution is 5.73. The first-order valence-corrected chi connectivity index (χ1v) is 13.7. The summed E-state index contributed by atoms with van der Waals surface area (Å²) >= 11 is 0. The van der Waals surface area contributed by atoms with Crippen molar-refractivity contribution in [3.05, 3.63) is 144 Å². The molecule has 1 heterocycles. The molecule has 5 rings (SSSR count). The molecule has 1 aliphatic rings. The number of hydrogen-bond acceptors (Lipinski definition) is 6. The van der Waals surface area contributed by atoms with Gasteiger partial charge in [-0.15, -0.1) is 0 Å². The molecule has 7 heteroatoms. The second kappa shape index (κ2) is 14.7. The van der Waals surface area contributed by atoms with Crippen LogP contribution in [-0.4, -0.2) is 41.8 Å². The zero-order valence-electron chi connectivity index (χ0n) is 22.7. The van der Waals surface area contributed by atoms with Gasteiger partial charge in [0.2, 0.25) is 0 Å². The number of carboxylic acid groups (broad SMARTS) is 1. The van der Waals surface area contributed by atoms with Crippen molar-refractivity contribution in [3.8, 4) is 0 Å². The molecule has 4 aromatic carbocycles. The van der Waals surface area contributed by atoms with Crippen LogP contribution in [0.2, 0.25) is 0 Å². The smallest absolute Gasteiger partial charge is 0.335 e. The van der Waals surface area contributed by atoms with Crippen LogP contribution >= 0.6 is 0 Å². The van der Waals surface area contributed by atoms with E-state index in [0.717, 1.165) is 22.3 Å². The van der Waals surface area contributed by atoms with Gasteiger partial charge in [0, 0.05) is 0 Å². The average molecular weight is 555 g/mol. The predicted octanol–water partition coefficient (Wildman–Crippen LogP) is 5.77. The van der Waals surface area contributed by atoms with Crippen LogP contribution in [0.5, 0.6) is 0 Å². The lowest BCUT2D eigenvalue weighted by molar-refractivity contribution is -0.322. The lowest BCUT2D eigenvalue weighted by Crippen LogP contribution is -2.62. The minimum absolute atomic E-state index is 0.185. The zero-order chi connectivity index (χ0) is 28.3. The SMILES string of the molecule is O=C(O)[C@H]1O[C@H](OCc2ccccc2)[C@@H](OCc2ccccc2)[C@@H](OCc2ccccc2)[C@@H]1OCc1ccccc1. The molecule has 0 aromatic heterocycles. The van der Waals surface area contributed by atoms with Gasteiger partial charge in [0.1, 0.15) is 18.3 Å². The van der Waals surface area contributed by atoms with Crippen LogP contribution < -0.4 is 0 Å². The van der Waals surface area contributed by atoms with Crippen molar-refractivity contribution in [2.75, 3.05) is 0 Å². The Morgan fingerprint density at radius 3 is 1.24 bits per heavy atom. The van der Waals surface area contributed by atoms with E-state index >= 15 is 0 Å². The van der Waals surface area contributed by atoms with Gasteiger partial charge in [-0.25, -0.2) is 4.79 Å². The lowest BCUT2D eigenvalue weighted by atomic mass is 9.97. The van der Waals surface area contributed by atoms with Crippen molar-refractivity contribution in [3.63, 3.8) is 0 Å². The summed E-state index contributed by atoms with van der Waals surface area (Å²) in [6.45, 7) is 0.892. The molecule has 1 saturated heterocycles. The van der Waals surface area contributed by atoms with Crippen LogP contribution in [-0.2, 0) is 54.9 Å². The first-order chi connectivity index (χ1) is 20.2. The van der Waals surface area contributed by atoms with Crippen molar-refractivity contribution in [2.45, 2.75) is 57.1 Å². The summed E-state index contributed by atoms with van der Waals surface area (Å²) in [6, 6.07) is 38.7. The number of benzene rings is 4. The second-order valence-corrected chi connectivity index (χ2v) is 9.84. The summed E-state index contributed by atoms with van der Waals surface area (Å²) in [5.74, 6) is -1.16. The Bertz CT molecular complexity index is 1320. The van der Waals surface area contributed by atoms with E-state index in [2.05, 4.69) is 0 Å². The van der Waals surface area contributed by atoms with Gasteiger partial charge in [-0.3, -0.25) is 0 Å². The Morgan fingerprint density at radius 1 is 0.512 bits per heavy atom. The minimum atomic E-state index is -1.34. The van der Waals surface area contributed by atoms with E-state index in [9.17, 15) is 9.90 Å². The summed E-state index contributed by atoms with van der Waals surface area (Å²) in [4.78, 5) is 12.5. The molecule has 212 valence electrons. The third-order valence-corrected chi connectivity index (χ3v) is 6.85. The highest BCUT2D eigenvalue weighted by Crippen LogP contribution is 2.32. The van der Waals surface area contributed by atoms with Gasteiger partial charge in [-0.1, -0.05) is 121 Å². The minimum Gasteiger partial charge on any atom is -0.479 e. The van der Waals surface area contributed by atoms with E-state index < -0.39 is 36.7 Å². The molecule has 7 nitrogen and oxygen atoms in total. The van der Waals surface area contributed by atoms with E-state index in [1.165, 1.54) is 0 Å². The normalized spacial score (nSPS) is 22.3. The summed E-state index contributed by atoms with van der Waals surface area (Å²) in [5.41, 5.74) is 3.73. The quantitative estimate of drug-likeness (QED) is 0.225. The van der Waals surface area contributed by atoms with Crippen LogP contribution in [0.4, 0.5) is 0 Å². The van der Waals surface area contributed by atoms with Gasteiger partial charge in [0.05, 0.1) is 26.4 Å². The highest BCUT2D eigenvalue weighted by atomic mass is 16.7. The second-order valence-electron chi connectivity index (χ2n) is 9.84. The van der Waals surface area contributed by atoms with Gasteiger partial charge < -0.3 is 28.8 Å². The van der Waals surface area contributed by atoms with Crippen LogP contribution in [0.1, 0.15) is 22.3 Å². The predicted molar refractivity (Wildman–Crippen MR) is 153 cm³/mol. The van der Waals surface area contributed by atoms with E-state index in [0.29, 0.717) is 0 Å². The Hall–Kier alpha value is -3.85. The van der Waals surface area contributed by atoms with Crippen molar-refractivity contribution >= 4 is 5.97 Å². The number of hydrogen-bond donors (Lipinski definition) is 1. The van der Waals surface area contributed by atoms with Gasteiger partial charge >= 0.3 is 5.97 Å². The Kier molecular flexibility index (Phi) is 10.3. The fraction of sp³-hybridized carbons (Fsp3) is 0.265. The third-order valence-electron chi connectivity index (χ3n) is 6.85. The Labute approximate surface area is 240 Å². The molecule has 5 atom stereocenters. The van der Waals surface area contributed by atoms with Gasteiger partial charge in [-0.05, 0) is 22.3 Å². The molecule has 0 amide bonds. The zero-order valence-corrected chi connectivity index (χ0v) is 22.7. The molecule has 0 aliphatic carbocycles. The lowest BCUT2D eigenvalue weighted by Gasteiger charge is -2.44. The van der Waals surface area contributed by atoms with Crippen LogP contribution in [0.15, 0.2) is 121 Å². The van der Waals surface area contributed by atoms with Crippen molar-refractivity contribution in [2.24, 2.45) is 0 Å². The third kappa shape index (κ3) is 8.10. The Balaban J connectivity index is 1.44. The van der Waals surface area contributed by atoms with Crippen molar-refractivity contribution < 1.29 is 33.6 Å². The maximum Gasteiger partial charge on any atom is 0.335 e. The fourth-order valence-electron chi connectivity index (χ4n) is 4.74.